The molecule has 0 fully saturated rings. The monoisotopic (exact) mass is 370 g/mol. The third kappa shape index (κ3) is 3.61. The van der Waals surface area contributed by atoms with Crippen LogP contribution in [0.15, 0.2) is 84.2 Å². The summed E-state index contributed by atoms with van der Waals surface area (Å²) in [5.74, 6) is 0.163. The number of amides is 1. The van der Waals surface area contributed by atoms with Crippen molar-refractivity contribution in [2.75, 3.05) is 7.11 Å². The summed E-state index contributed by atoms with van der Waals surface area (Å²) >= 11 is 0. The summed E-state index contributed by atoms with van der Waals surface area (Å²) in [5.41, 5.74) is 5.57. The Morgan fingerprint density at radius 3 is 2.57 bits per heavy atom. The number of hydrogen-bond acceptors (Lipinski definition) is 4. The Hall–Kier alpha value is -3.93. The standard InChI is InChI=1S/C22H18N4O2/c1-28-22-18(14-17-6-2-3-7-20(17)24-22)15-23-25-21(27)16-8-10-19(11-9-16)26-12-4-5-13-26/h2-15H,1H3,(H,25,27). The fourth-order valence-electron chi connectivity index (χ4n) is 2.89. The summed E-state index contributed by atoms with van der Waals surface area (Å²) in [7, 11) is 1.55. The minimum Gasteiger partial charge on any atom is -0.481 e. The number of methoxy groups -OCH3 is 1. The van der Waals surface area contributed by atoms with Crippen LogP contribution in [0.4, 0.5) is 0 Å². The lowest BCUT2D eigenvalue weighted by Gasteiger charge is -2.06. The van der Waals surface area contributed by atoms with Gasteiger partial charge in [0.15, 0.2) is 0 Å². The van der Waals surface area contributed by atoms with Gasteiger partial charge in [-0.3, -0.25) is 4.79 Å². The number of pyridine rings is 1. The number of nitrogens with zero attached hydrogens (tertiary/aromatic N) is 3. The maximum atomic E-state index is 12.3. The highest BCUT2D eigenvalue weighted by atomic mass is 16.5. The predicted octanol–water partition coefficient (Wildman–Crippen LogP) is 3.80. The molecular formula is C22H18N4O2. The predicted molar refractivity (Wildman–Crippen MR) is 109 cm³/mol. The smallest absolute Gasteiger partial charge is 0.271 e. The minimum absolute atomic E-state index is 0.289. The Labute approximate surface area is 162 Å². The zero-order valence-corrected chi connectivity index (χ0v) is 15.2. The summed E-state index contributed by atoms with van der Waals surface area (Å²) in [6.07, 6.45) is 5.43. The van der Waals surface area contributed by atoms with Crippen molar-refractivity contribution in [3.63, 3.8) is 0 Å². The van der Waals surface area contributed by atoms with E-state index in [-0.39, 0.29) is 5.91 Å². The van der Waals surface area contributed by atoms with Gasteiger partial charge in [0.25, 0.3) is 5.91 Å². The number of rotatable bonds is 5. The van der Waals surface area contributed by atoms with E-state index in [9.17, 15) is 4.79 Å². The van der Waals surface area contributed by atoms with Crippen molar-refractivity contribution in [3.8, 4) is 11.6 Å². The molecule has 2 aromatic carbocycles. The number of para-hydroxylation sites is 1. The summed E-state index contributed by atoms with van der Waals surface area (Å²) in [6, 6.07) is 20.8. The van der Waals surface area contributed by atoms with Gasteiger partial charge >= 0.3 is 0 Å². The van der Waals surface area contributed by atoms with Gasteiger partial charge in [0.2, 0.25) is 5.88 Å². The third-order valence-corrected chi connectivity index (χ3v) is 4.31. The third-order valence-electron chi connectivity index (χ3n) is 4.31. The molecule has 1 N–H and O–H groups in total. The first kappa shape index (κ1) is 17.5. The second-order valence-corrected chi connectivity index (χ2v) is 6.12. The average Bonchev–Trinajstić information content (AvgIpc) is 3.28. The van der Waals surface area contributed by atoms with Crippen molar-refractivity contribution in [1.29, 1.82) is 0 Å². The fraction of sp³-hybridized carbons (Fsp3) is 0.0455. The van der Waals surface area contributed by atoms with Crippen LogP contribution in [0.3, 0.4) is 0 Å². The van der Waals surface area contributed by atoms with Crippen LogP contribution in [0.5, 0.6) is 5.88 Å². The van der Waals surface area contributed by atoms with Gasteiger partial charge in [0.05, 0.1) is 24.4 Å². The molecule has 0 radical (unpaired) electrons. The SMILES string of the molecule is COc1nc2ccccc2cc1C=NNC(=O)c1ccc(-n2cccc2)cc1. The molecule has 2 heterocycles. The lowest BCUT2D eigenvalue weighted by atomic mass is 10.1. The molecule has 4 rings (SSSR count). The number of benzene rings is 2. The molecule has 0 spiro atoms. The Morgan fingerprint density at radius 2 is 1.82 bits per heavy atom. The highest BCUT2D eigenvalue weighted by Gasteiger charge is 2.07. The number of hydrogen-bond donors (Lipinski definition) is 1. The van der Waals surface area contributed by atoms with Crippen LogP contribution < -0.4 is 10.2 Å². The molecule has 1 amide bonds. The molecule has 0 bridgehead atoms. The number of carbonyl (C=O) groups is 1. The van der Waals surface area contributed by atoms with Gasteiger partial charge in [0, 0.05) is 29.0 Å². The number of carbonyl (C=O) groups excluding carboxylic acids is 1. The van der Waals surface area contributed by atoms with Crippen molar-refractivity contribution in [2.24, 2.45) is 5.10 Å². The zero-order chi connectivity index (χ0) is 19.3. The second-order valence-electron chi connectivity index (χ2n) is 6.12. The maximum Gasteiger partial charge on any atom is 0.271 e. The van der Waals surface area contributed by atoms with Gasteiger partial charge in [-0.25, -0.2) is 10.4 Å². The summed E-state index contributed by atoms with van der Waals surface area (Å²) in [4.78, 5) is 16.8. The molecule has 4 aromatic rings. The van der Waals surface area contributed by atoms with Crippen LogP contribution in [0.1, 0.15) is 15.9 Å². The largest absolute Gasteiger partial charge is 0.481 e. The van der Waals surface area contributed by atoms with E-state index >= 15 is 0 Å². The van der Waals surface area contributed by atoms with Gasteiger partial charge in [-0.05, 0) is 48.5 Å². The average molecular weight is 370 g/mol. The quantitative estimate of drug-likeness (QED) is 0.429. The van der Waals surface area contributed by atoms with Gasteiger partial charge in [-0.15, -0.1) is 0 Å². The summed E-state index contributed by atoms with van der Waals surface area (Å²) < 4.78 is 7.30. The molecular weight excluding hydrogens is 352 g/mol. The van der Waals surface area contributed by atoms with E-state index in [0.717, 1.165) is 16.6 Å². The highest BCUT2D eigenvalue weighted by Crippen LogP contribution is 2.20. The summed E-state index contributed by atoms with van der Waals surface area (Å²) in [6.45, 7) is 0. The first-order valence-electron chi connectivity index (χ1n) is 8.75. The van der Waals surface area contributed by atoms with Gasteiger partial charge in [-0.2, -0.15) is 5.10 Å². The van der Waals surface area contributed by atoms with Crippen molar-refractivity contribution >= 4 is 23.0 Å². The van der Waals surface area contributed by atoms with E-state index in [1.54, 1.807) is 19.2 Å². The molecule has 0 saturated carbocycles. The lowest BCUT2D eigenvalue weighted by molar-refractivity contribution is 0.0955. The molecule has 0 aliphatic rings. The number of ether oxygens (including phenoxy) is 1. The normalized spacial score (nSPS) is 11.0. The molecule has 0 atom stereocenters. The second kappa shape index (κ2) is 7.75. The summed E-state index contributed by atoms with van der Waals surface area (Å²) in [5, 5.41) is 5.03. The number of aromatic nitrogens is 2. The number of hydrazone groups is 1. The lowest BCUT2D eigenvalue weighted by Crippen LogP contribution is -2.17. The van der Waals surface area contributed by atoms with Crippen LogP contribution in [-0.2, 0) is 0 Å². The van der Waals surface area contributed by atoms with Crippen LogP contribution in [-0.4, -0.2) is 28.8 Å². The molecule has 138 valence electrons. The first-order chi connectivity index (χ1) is 13.7. The van der Waals surface area contributed by atoms with Crippen LogP contribution in [0, 0.1) is 0 Å². The van der Waals surface area contributed by atoms with E-state index < -0.39 is 0 Å². The van der Waals surface area contributed by atoms with E-state index in [0.29, 0.717) is 17.0 Å². The van der Waals surface area contributed by atoms with E-state index in [4.69, 9.17) is 4.74 Å². The molecule has 0 aliphatic carbocycles. The van der Waals surface area contributed by atoms with E-state index in [1.807, 2.05) is 71.6 Å². The number of fused-ring (bicyclic) bond motifs is 1. The molecule has 6 heteroatoms. The Balaban J connectivity index is 1.48. The Kier molecular flexibility index (Phi) is 4.84. The topological polar surface area (TPSA) is 68.5 Å². The molecule has 28 heavy (non-hydrogen) atoms. The van der Waals surface area contributed by atoms with Crippen LogP contribution in [0.2, 0.25) is 0 Å². The van der Waals surface area contributed by atoms with E-state index in [2.05, 4.69) is 15.5 Å². The van der Waals surface area contributed by atoms with Gasteiger partial charge in [-0.1, -0.05) is 18.2 Å². The fourth-order valence-corrected chi connectivity index (χ4v) is 2.89. The molecule has 6 nitrogen and oxygen atoms in total. The minimum atomic E-state index is -0.289. The van der Waals surface area contributed by atoms with Gasteiger partial charge in [0.1, 0.15) is 0 Å². The highest BCUT2D eigenvalue weighted by molar-refractivity contribution is 5.96. The Bertz CT molecular complexity index is 1130. The zero-order valence-electron chi connectivity index (χ0n) is 15.2. The van der Waals surface area contributed by atoms with Crippen molar-refractivity contribution in [1.82, 2.24) is 15.0 Å². The van der Waals surface area contributed by atoms with Crippen LogP contribution in [0.25, 0.3) is 16.6 Å². The van der Waals surface area contributed by atoms with E-state index in [1.165, 1.54) is 6.21 Å². The van der Waals surface area contributed by atoms with Crippen LogP contribution >= 0.6 is 0 Å². The van der Waals surface area contributed by atoms with Gasteiger partial charge < -0.3 is 9.30 Å². The molecule has 0 unspecified atom stereocenters. The molecule has 2 aromatic heterocycles. The van der Waals surface area contributed by atoms with Crippen molar-refractivity contribution in [3.05, 3.63) is 90.3 Å². The number of nitrogens with one attached hydrogen (secondary N) is 1. The first-order valence-corrected chi connectivity index (χ1v) is 8.75. The molecule has 0 aliphatic heterocycles. The molecule has 0 saturated heterocycles. The Morgan fingerprint density at radius 1 is 1.07 bits per heavy atom. The maximum absolute atomic E-state index is 12.3. The van der Waals surface area contributed by atoms with Crippen molar-refractivity contribution in [2.45, 2.75) is 0 Å². The van der Waals surface area contributed by atoms with Crippen molar-refractivity contribution < 1.29 is 9.53 Å².